The van der Waals surface area contributed by atoms with Gasteiger partial charge in [0.1, 0.15) is 11.3 Å². The van der Waals surface area contributed by atoms with E-state index >= 15 is 0 Å². The highest BCUT2D eigenvalue weighted by Gasteiger charge is 2.17. The number of fused-ring (bicyclic) bond motifs is 1. The average Bonchev–Trinajstić information content (AvgIpc) is 3.03. The lowest BCUT2D eigenvalue weighted by molar-refractivity contribution is -0.670. The Bertz CT molecular complexity index is 874. The Hall–Kier alpha value is -1.47. The van der Waals surface area contributed by atoms with E-state index in [1.807, 2.05) is 6.07 Å². The number of thiazole rings is 1. The molecule has 6 heteroatoms. The van der Waals surface area contributed by atoms with Gasteiger partial charge in [0, 0.05) is 37.2 Å². The van der Waals surface area contributed by atoms with Crippen LogP contribution in [0.3, 0.4) is 0 Å². The van der Waals surface area contributed by atoms with E-state index in [4.69, 9.17) is 0 Å². The monoisotopic (exact) mass is 403 g/mol. The van der Waals surface area contributed by atoms with E-state index in [-0.39, 0.29) is 6.61 Å². The lowest BCUT2D eigenvalue weighted by Crippen LogP contribution is -2.36. The van der Waals surface area contributed by atoms with Crippen LogP contribution in [0.4, 0.5) is 5.69 Å². The van der Waals surface area contributed by atoms with Gasteiger partial charge in [-0.2, -0.15) is 4.57 Å². The Labute approximate surface area is 167 Å². The molecule has 0 aliphatic heterocycles. The predicted molar refractivity (Wildman–Crippen MR) is 119 cm³/mol. The van der Waals surface area contributed by atoms with Gasteiger partial charge in [-0.05, 0) is 29.8 Å². The molecule has 0 saturated carbocycles. The highest BCUT2D eigenvalue weighted by Crippen LogP contribution is 2.22. The van der Waals surface area contributed by atoms with Crippen LogP contribution in [0.15, 0.2) is 48.5 Å². The molecular weight excluding hydrogens is 380 g/mol. The molecule has 1 aromatic heterocycles. The third kappa shape index (κ3) is 4.62. The number of aliphatic hydroxyl groups is 1. The maximum absolute atomic E-state index is 9.40. The molecule has 0 radical (unpaired) electrons. The molecular formula is C20H23N2OS3+. The average molecular weight is 404 g/mol. The Morgan fingerprint density at radius 3 is 2.65 bits per heavy atom. The van der Waals surface area contributed by atoms with Crippen LogP contribution in [0.2, 0.25) is 0 Å². The van der Waals surface area contributed by atoms with Gasteiger partial charge in [0.2, 0.25) is 5.52 Å². The van der Waals surface area contributed by atoms with E-state index in [1.165, 1.54) is 21.5 Å². The molecule has 0 spiro atoms. The fraction of sp³-hybridized carbons (Fsp3) is 0.250. The number of hydrogen-bond donors (Lipinski definition) is 2. The molecule has 26 heavy (non-hydrogen) atoms. The highest BCUT2D eigenvalue weighted by atomic mass is 33.1. The lowest BCUT2D eigenvalue weighted by atomic mass is 10.2. The summed E-state index contributed by atoms with van der Waals surface area (Å²) in [4.78, 5) is 2.23. The molecule has 0 aliphatic carbocycles. The molecule has 3 rings (SSSR count). The summed E-state index contributed by atoms with van der Waals surface area (Å²) >= 11 is 5.94. The summed E-state index contributed by atoms with van der Waals surface area (Å²) < 4.78 is 3.41. The van der Waals surface area contributed by atoms with Crippen molar-refractivity contribution in [2.75, 3.05) is 30.9 Å². The first-order chi connectivity index (χ1) is 12.7. The van der Waals surface area contributed by atoms with E-state index in [9.17, 15) is 5.11 Å². The number of hydrogen-bond acceptors (Lipinski definition) is 5. The largest absolute Gasteiger partial charge is 0.390 e. The molecule has 0 fully saturated rings. The van der Waals surface area contributed by atoms with Gasteiger partial charge in [0.25, 0.3) is 5.01 Å². The fourth-order valence-electron chi connectivity index (χ4n) is 2.82. The number of nitrogens with zero attached hydrogens (tertiary/aromatic N) is 2. The molecule has 3 aromatic rings. The number of para-hydroxylation sites is 1. The molecule has 0 amide bonds. The van der Waals surface area contributed by atoms with Crippen molar-refractivity contribution >= 4 is 61.8 Å². The van der Waals surface area contributed by atoms with Gasteiger partial charge in [-0.15, -0.1) is 11.7 Å². The van der Waals surface area contributed by atoms with E-state index in [1.54, 1.807) is 22.1 Å². The number of aromatic nitrogens is 1. The normalized spacial score (nSPS) is 11.5. The van der Waals surface area contributed by atoms with Crippen LogP contribution in [-0.2, 0) is 6.54 Å². The second kappa shape index (κ2) is 9.46. The minimum atomic E-state index is 0.137. The predicted octanol–water partition coefficient (Wildman–Crippen LogP) is 4.37. The minimum Gasteiger partial charge on any atom is -0.390 e. The third-order valence-corrected chi connectivity index (χ3v) is 6.27. The Morgan fingerprint density at radius 2 is 1.92 bits per heavy atom. The molecule has 0 aliphatic rings. The first-order valence-electron chi connectivity index (χ1n) is 8.51. The summed E-state index contributed by atoms with van der Waals surface area (Å²) in [7, 11) is 3.66. The molecule has 0 saturated heterocycles. The Morgan fingerprint density at radius 1 is 1.15 bits per heavy atom. The summed E-state index contributed by atoms with van der Waals surface area (Å²) in [6.45, 7) is 1.72. The first kappa shape index (κ1) is 19.3. The molecule has 0 atom stereocenters. The van der Waals surface area contributed by atoms with Crippen molar-refractivity contribution in [2.45, 2.75) is 6.54 Å². The second-order valence-electron chi connectivity index (χ2n) is 5.96. The molecule has 3 nitrogen and oxygen atoms in total. The van der Waals surface area contributed by atoms with Crippen LogP contribution in [0.25, 0.3) is 22.4 Å². The SMILES string of the molecule is CN(CCSS)c1ccc(/C=C/c2sc3ccccc3[n+]2CCO)cc1. The van der Waals surface area contributed by atoms with Gasteiger partial charge in [-0.25, -0.2) is 0 Å². The van der Waals surface area contributed by atoms with Crippen LogP contribution < -0.4 is 9.47 Å². The molecule has 136 valence electrons. The first-order valence-corrected chi connectivity index (χ1v) is 11.4. The van der Waals surface area contributed by atoms with Crippen LogP contribution in [0, 0.1) is 0 Å². The van der Waals surface area contributed by atoms with Gasteiger partial charge in [-0.3, -0.25) is 0 Å². The van der Waals surface area contributed by atoms with Crippen molar-refractivity contribution < 1.29 is 9.67 Å². The summed E-state index contributed by atoms with van der Waals surface area (Å²) in [5, 5.41) is 10.5. The van der Waals surface area contributed by atoms with Crippen LogP contribution in [0.1, 0.15) is 10.6 Å². The van der Waals surface area contributed by atoms with Crippen molar-refractivity contribution in [3.8, 4) is 0 Å². The van der Waals surface area contributed by atoms with Crippen LogP contribution >= 0.6 is 33.8 Å². The number of aliphatic hydroxyl groups excluding tert-OH is 1. The summed E-state index contributed by atoms with van der Waals surface area (Å²) in [6.07, 6.45) is 4.27. The van der Waals surface area contributed by atoms with Gasteiger partial charge in [0.15, 0.2) is 6.54 Å². The van der Waals surface area contributed by atoms with Gasteiger partial charge < -0.3 is 10.0 Å². The lowest BCUT2D eigenvalue weighted by Gasteiger charge is -2.18. The molecule has 0 unspecified atom stereocenters. The third-order valence-electron chi connectivity index (χ3n) is 4.23. The van der Waals surface area contributed by atoms with Gasteiger partial charge in [-0.1, -0.05) is 46.4 Å². The van der Waals surface area contributed by atoms with Crippen molar-refractivity contribution in [3.05, 3.63) is 59.1 Å². The van der Waals surface area contributed by atoms with E-state index in [0.717, 1.165) is 17.3 Å². The topological polar surface area (TPSA) is 27.4 Å². The van der Waals surface area contributed by atoms with Crippen LogP contribution in [0.5, 0.6) is 0 Å². The van der Waals surface area contributed by atoms with E-state index in [0.29, 0.717) is 6.54 Å². The maximum atomic E-state index is 9.40. The Balaban J connectivity index is 1.79. The summed E-state index contributed by atoms with van der Waals surface area (Å²) in [6, 6.07) is 16.9. The smallest absolute Gasteiger partial charge is 0.262 e. The quantitative estimate of drug-likeness (QED) is 0.332. The fourth-order valence-corrected chi connectivity index (χ4v) is 4.51. The zero-order valence-electron chi connectivity index (χ0n) is 14.7. The maximum Gasteiger partial charge on any atom is 0.262 e. The zero-order valence-corrected chi connectivity index (χ0v) is 17.2. The van der Waals surface area contributed by atoms with Crippen molar-refractivity contribution in [1.82, 2.24) is 0 Å². The number of anilines is 1. The molecule has 1 heterocycles. The minimum absolute atomic E-state index is 0.137. The standard InChI is InChI=1S/C20H22N2OS3/c1-21(13-15-25-24)17-9-6-16(7-10-17)8-11-20-22(12-14-23)18-4-2-3-5-19(18)26-20/h2-11,23H,12-15H2,1H3/p+1. The Kier molecular flexibility index (Phi) is 7.02. The number of rotatable bonds is 8. The highest BCUT2D eigenvalue weighted by molar-refractivity contribution is 8.68. The molecule has 1 N–H and O–H groups in total. The van der Waals surface area contributed by atoms with Crippen molar-refractivity contribution in [2.24, 2.45) is 0 Å². The molecule has 2 aromatic carbocycles. The van der Waals surface area contributed by atoms with Crippen LogP contribution in [-0.4, -0.2) is 31.1 Å². The van der Waals surface area contributed by atoms with Gasteiger partial charge >= 0.3 is 0 Å². The second-order valence-corrected chi connectivity index (χ2v) is 8.47. The number of benzene rings is 2. The van der Waals surface area contributed by atoms with E-state index in [2.05, 4.69) is 82.8 Å². The van der Waals surface area contributed by atoms with Crippen molar-refractivity contribution in [1.29, 1.82) is 0 Å². The summed E-state index contributed by atoms with van der Waals surface area (Å²) in [5.74, 6) is 0.998. The molecule has 0 bridgehead atoms. The van der Waals surface area contributed by atoms with E-state index < -0.39 is 0 Å². The van der Waals surface area contributed by atoms with Crippen molar-refractivity contribution in [3.63, 3.8) is 0 Å². The number of thiol groups is 1. The zero-order chi connectivity index (χ0) is 18.4. The van der Waals surface area contributed by atoms with Gasteiger partial charge in [0.05, 0.1) is 0 Å². The summed E-state index contributed by atoms with van der Waals surface area (Å²) in [5.41, 5.74) is 3.55.